The first kappa shape index (κ1) is 19.0. The van der Waals surface area contributed by atoms with Gasteiger partial charge in [-0.05, 0) is 41.5 Å². The van der Waals surface area contributed by atoms with Crippen LogP contribution in [-0.4, -0.2) is 45.8 Å². The predicted octanol–water partition coefficient (Wildman–Crippen LogP) is 2.60. The van der Waals surface area contributed by atoms with E-state index in [0.717, 1.165) is 0 Å². The second kappa shape index (κ2) is 6.54. The number of rotatable bonds is 2. The van der Waals surface area contributed by atoms with Gasteiger partial charge in [-0.15, -0.1) is 0 Å². The molecular weight excluding hydrogens is 324 g/mol. The molecule has 1 aromatic heterocycles. The van der Waals surface area contributed by atoms with Crippen molar-refractivity contribution in [1.82, 2.24) is 9.47 Å². The topological polar surface area (TPSA) is 77.8 Å². The predicted molar refractivity (Wildman–Crippen MR) is 92.7 cm³/mol. The van der Waals surface area contributed by atoms with Gasteiger partial charge in [-0.3, -0.25) is 4.79 Å². The van der Waals surface area contributed by atoms with Gasteiger partial charge >= 0.3 is 12.1 Å². The lowest BCUT2D eigenvalue weighted by molar-refractivity contribution is -0.0000417. The van der Waals surface area contributed by atoms with Crippen molar-refractivity contribution in [3.8, 4) is 0 Å². The first-order valence-electron chi connectivity index (χ1n) is 8.29. The maximum absolute atomic E-state index is 12.2. The number of ether oxygens (including phenoxy) is 2. The second-order valence-electron chi connectivity index (χ2n) is 8.21. The average Bonchev–Trinajstić information content (AvgIpc) is 2.34. The average molecular weight is 350 g/mol. The third kappa shape index (κ3) is 5.08. The first-order valence-corrected chi connectivity index (χ1v) is 8.29. The monoisotopic (exact) mass is 350 g/mol. The molecule has 1 fully saturated rings. The fourth-order valence-electron chi connectivity index (χ4n) is 2.33. The number of pyridine rings is 1. The highest BCUT2D eigenvalue weighted by molar-refractivity contribution is 5.89. The van der Waals surface area contributed by atoms with Crippen LogP contribution in [0.15, 0.2) is 23.3 Å². The summed E-state index contributed by atoms with van der Waals surface area (Å²) in [6.45, 7) is 11.6. The summed E-state index contributed by atoms with van der Waals surface area (Å²) in [4.78, 5) is 37.7. The fourth-order valence-corrected chi connectivity index (χ4v) is 2.33. The van der Waals surface area contributed by atoms with Crippen LogP contribution in [0.5, 0.6) is 0 Å². The molecule has 0 aromatic carbocycles. The molecule has 1 saturated heterocycles. The van der Waals surface area contributed by atoms with Gasteiger partial charge in [0.1, 0.15) is 16.8 Å². The smallest absolute Gasteiger partial charge is 0.410 e. The van der Waals surface area contributed by atoms with Crippen molar-refractivity contribution in [1.29, 1.82) is 0 Å². The van der Waals surface area contributed by atoms with Gasteiger partial charge in [-0.2, -0.15) is 0 Å². The Bertz CT molecular complexity index is 718. The van der Waals surface area contributed by atoms with Crippen molar-refractivity contribution in [2.75, 3.05) is 13.1 Å². The van der Waals surface area contributed by atoms with Gasteiger partial charge in [-0.1, -0.05) is 0 Å². The number of hydrogen-bond donors (Lipinski definition) is 0. The zero-order chi connectivity index (χ0) is 19.0. The Morgan fingerprint density at radius 1 is 1.04 bits per heavy atom. The molecule has 1 amide bonds. The van der Waals surface area contributed by atoms with Gasteiger partial charge in [0.25, 0.3) is 0 Å². The normalized spacial score (nSPS) is 15.5. The molecule has 1 aromatic rings. The van der Waals surface area contributed by atoms with E-state index in [2.05, 4.69) is 0 Å². The Morgan fingerprint density at radius 2 is 1.60 bits per heavy atom. The molecule has 2 rings (SSSR count). The van der Waals surface area contributed by atoms with E-state index >= 15 is 0 Å². The summed E-state index contributed by atoms with van der Waals surface area (Å²) in [5, 5.41) is 0. The molecule has 0 unspecified atom stereocenters. The second-order valence-corrected chi connectivity index (χ2v) is 8.21. The highest BCUT2D eigenvalue weighted by Gasteiger charge is 2.34. The number of aromatic nitrogens is 1. The summed E-state index contributed by atoms with van der Waals surface area (Å²) in [6, 6.07) is 1.34. The van der Waals surface area contributed by atoms with Crippen LogP contribution in [0.25, 0.3) is 0 Å². The summed E-state index contributed by atoms with van der Waals surface area (Å²) in [6.07, 6.45) is 2.75. The Labute approximate surface area is 147 Å². The quantitative estimate of drug-likeness (QED) is 0.766. The van der Waals surface area contributed by atoms with E-state index in [9.17, 15) is 14.4 Å². The van der Waals surface area contributed by atoms with Crippen LogP contribution in [0.1, 0.15) is 57.9 Å². The molecule has 7 nitrogen and oxygen atoms in total. The van der Waals surface area contributed by atoms with Gasteiger partial charge in [0.05, 0.1) is 6.04 Å². The Kier molecular flexibility index (Phi) is 4.97. The summed E-state index contributed by atoms with van der Waals surface area (Å²) in [7, 11) is 0. The number of carbonyl (C=O) groups excluding carboxylic acids is 2. The summed E-state index contributed by atoms with van der Waals surface area (Å²) in [5.41, 5.74) is -1.60. The largest absolute Gasteiger partial charge is 0.456 e. The highest BCUT2D eigenvalue weighted by atomic mass is 16.6. The molecule has 0 atom stereocenters. The van der Waals surface area contributed by atoms with Crippen LogP contribution in [0.2, 0.25) is 0 Å². The molecule has 1 aliphatic rings. The maximum Gasteiger partial charge on any atom is 0.410 e. The van der Waals surface area contributed by atoms with E-state index in [4.69, 9.17) is 9.47 Å². The number of esters is 1. The van der Waals surface area contributed by atoms with Crippen molar-refractivity contribution in [3.05, 3.63) is 34.2 Å². The number of amides is 1. The molecular formula is C18H26N2O5. The molecule has 0 radical (unpaired) electrons. The van der Waals surface area contributed by atoms with Gasteiger partial charge in [-0.25, -0.2) is 9.59 Å². The zero-order valence-electron chi connectivity index (χ0n) is 15.7. The Balaban J connectivity index is 2.06. The lowest BCUT2D eigenvalue weighted by atomic mass is 10.1. The van der Waals surface area contributed by atoms with Crippen molar-refractivity contribution in [2.45, 2.75) is 58.8 Å². The zero-order valence-corrected chi connectivity index (χ0v) is 15.7. The van der Waals surface area contributed by atoms with Crippen LogP contribution in [0, 0.1) is 0 Å². The summed E-state index contributed by atoms with van der Waals surface area (Å²) < 4.78 is 12.3. The molecule has 25 heavy (non-hydrogen) atoms. The molecule has 7 heteroatoms. The molecule has 2 heterocycles. The molecule has 0 aliphatic carbocycles. The number of likely N-dealkylation sites (tertiary alicyclic amines) is 1. The van der Waals surface area contributed by atoms with Crippen molar-refractivity contribution >= 4 is 12.1 Å². The maximum atomic E-state index is 12.2. The van der Waals surface area contributed by atoms with Gasteiger partial charge in [0, 0.05) is 31.5 Å². The molecule has 0 bridgehead atoms. The van der Waals surface area contributed by atoms with Crippen molar-refractivity contribution < 1.29 is 19.1 Å². The van der Waals surface area contributed by atoms with E-state index in [0.29, 0.717) is 13.1 Å². The number of carbonyl (C=O) groups is 2. The van der Waals surface area contributed by atoms with E-state index in [1.165, 1.54) is 12.3 Å². The minimum Gasteiger partial charge on any atom is -0.456 e. The van der Waals surface area contributed by atoms with E-state index in [1.54, 1.807) is 36.4 Å². The minimum absolute atomic E-state index is 0.00527. The first-order chi connectivity index (χ1) is 11.4. The van der Waals surface area contributed by atoms with E-state index in [1.807, 2.05) is 20.8 Å². The number of hydrogen-bond acceptors (Lipinski definition) is 5. The SMILES string of the molecule is CC(C)(C)OC(=O)c1cn(C2CN(C(=O)OC(C)(C)C)C2)ccc1=O. The van der Waals surface area contributed by atoms with Gasteiger partial charge < -0.3 is 18.9 Å². The Morgan fingerprint density at radius 3 is 2.12 bits per heavy atom. The van der Waals surface area contributed by atoms with E-state index in [-0.39, 0.29) is 23.1 Å². The minimum atomic E-state index is -0.672. The third-order valence-corrected chi connectivity index (χ3v) is 3.50. The van der Waals surface area contributed by atoms with Gasteiger partial charge in [0.2, 0.25) is 0 Å². The fraction of sp³-hybridized carbons (Fsp3) is 0.611. The molecule has 0 saturated carbocycles. The third-order valence-electron chi connectivity index (χ3n) is 3.50. The summed E-state index contributed by atoms with van der Waals surface area (Å²) in [5.74, 6) is -0.643. The van der Waals surface area contributed by atoms with Crippen LogP contribution in [0.4, 0.5) is 4.79 Å². The van der Waals surface area contributed by atoms with Gasteiger partial charge in [0.15, 0.2) is 5.43 Å². The van der Waals surface area contributed by atoms with Crippen LogP contribution in [0.3, 0.4) is 0 Å². The lowest BCUT2D eigenvalue weighted by Gasteiger charge is -2.40. The molecule has 0 N–H and O–H groups in total. The van der Waals surface area contributed by atoms with Crippen LogP contribution >= 0.6 is 0 Å². The Hall–Kier alpha value is -2.31. The molecule has 0 spiro atoms. The van der Waals surface area contributed by atoms with E-state index < -0.39 is 17.2 Å². The number of nitrogens with zero attached hydrogens (tertiary/aromatic N) is 2. The van der Waals surface area contributed by atoms with Crippen molar-refractivity contribution in [2.24, 2.45) is 0 Å². The van der Waals surface area contributed by atoms with Crippen LogP contribution in [-0.2, 0) is 9.47 Å². The standard InChI is InChI=1S/C18H26N2O5/c1-17(2,3)24-15(22)13-11-19(8-7-14(13)21)12-9-20(10-12)16(23)25-18(4,5)6/h7-8,11-12H,9-10H2,1-6H3. The van der Waals surface area contributed by atoms with Crippen LogP contribution < -0.4 is 5.43 Å². The summed E-state index contributed by atoms with van der Waals surface area (Å²) >= 11 is 0. The van der Waals surface area contributed by atoms with Crippen molar-refractivity contribution in [3.63, 3.8) is 0 Å². The lowest BCUT2D eigenvalue weighted by Crippen LogP contribution is -2.52. The highest BCUT2D eigenvalue weighted by Crippen LogP contribution is 2.23. The molecule has 138 valence electrons. The molecule has 1 aliphatic heterocycles.